The van der Waals surface area contributed by atoms with E-state index in [0.717, 1.165) is 54.8 Å². The van der Waals surface area contributed by atoms with Crippen LogP contribution < -0.4 is 31.6 Å². The van der Waals surface area contributed by atoms with Crippen molar-refractivity contribution in [2.75, 3.05) is 22.1 Å². The van der Waals surface area contributed by atoms with E-state index in [4.69, 9.17) is 40.3 Å². The Morgan fingerprint density at radius 2 is 0.883 bits per heavy atom. The third-order valence-corrected chi connectivity index (χ3v) is 11.7. The number of imide groups is 1. The van der Waals surface area contributed by atoms with Crippen LogP contribution in [0.4, 0.5) is 49.1 Å². The highest BCUT2D eigenvalue weighted by Gasteiger charge is 2.55. The Bertz CT molecular complexity index is 3340. The SMILES string of the molecule is CC(=O)O.CC(=O)ON1C(=O)CCC1=O.Nc1ccc2c(c1)Oc1cc(N)ccc1C21OC(=O)c2ccccc21.O=C1OC2(c3ccc(NC(=O)C(F)(F)F)cc3Oc3cc(NC(=O)C(F)(F)F)ccc32)c2ccccc21. The molecule has 6 aromatic carbocycles. The number of nitrogens with two attached hydrogens (primary N) is 2. The molecule has 5 aliphatic heterocycles. The van der Waals surface area contributed by atoms with E-state index in [1.807, 2.05) is 30.3 Å². The maximum atomic E-state index is 12.8. The summed E-state index contributed by atoms with van der Waals surface area (Å²) >= 11 is 0. The highest BCUT2D eigenvalue weighted by Crippen LogP contribution is 2.58. The van der Waals surface area contributed by atoms with E-state index in [1.165, 1.54) is 18.2 Å². The van der Waals surface area contributed by atoms with Crippen molar-refractivity contribution in [2.45, 2.75) is 50.2 Å². The molecule has 11 rings (SSSR count). The number of nitrogen functional groups attached to an aromatic ring is 2. The first-order chi connectivity index (χ1) is 36.2. The third kappa shape index (κ3) is 10.2. The number of hydroxylamine groups is 2. The summed E-state index contributed by atoms with van der Waals surface area (Å²) in [6.07, 6.45) is -10.1. The van der Waals surface area contributed by atoms with Crippen LogP contribution in [0.15, 0.2) is 121 Å². The highest BCUT2D eigenvalue weighted by molar-refractivity contribution is 6.02. The van der Waals surface area contributed by atoms with Gasteiger partial charge in [-0.2, -0.15) is 26.3 Å². The first-order valence-corrected chi connectivity index (χ1v) is 22.3. The molecule has 4 amide bonds. The maximum Gasteiger partial charge on any atom is 0.471 e. The minimum atomic E-state index is -5.17. The van der Waals surface area contributed by atoms with Crippen LogP contribution >= 0.6 is 0 Å². The number of ether oxygens (including phenoxy) is 4. The fourth-order valence-electron chi connectivity index (χ4n) is 8.73. The topological polar surface area (TPSA) is 282 Å². The lowest BCUT2D eigenvalue weighted by Gasteiger charge is -2.36. The molecule has 0 bridgehead atoms. The van der Waals surface area contributed by atoms with Crippen LogP contribution in [-0.4, -0.2) is 70.0 Å². The number of anilines is 4. The van der Waals surface area contributed by atoms with Gasteiger partial charge in [0.05, 0.1) is 11.1 Å². The number of nitrogens with one attached hydrogen (secondary N) is 2. The van der Waals surface area contributed by atoms with Crippen LogP contribution in [0.5, 0.6) is 23.0 Å². The van der Waals surface area contributed by atoms with Crippen LogP contribution in [0.2, 0.25) is 0 Å². The molecule has 0 radical (unpaired) electrons. The second-order valence-corrected chi connectivity index (χ2v) is 17.0. The Labute approximate surface area is 429 Å². The van der Waals surface area contributed by atoms with Crippen LogP contribution in [0.1, 0.15) is 80.8 Å². The molecule has 5 heterocycles. The van der Waals surface area contributed by atoms with Gasteiger partial charge in [0.2, 0.25) is 0 Å². The van der Waals surface area contributed by atoms with Gasteiger partial charge in [0.25, 0.3) is 17.8 Å². The molecule has 1 fully saturated rings. The Morgan fingerprint density at radius 1 is 0.545 bits per heavy atom. The summed E-state index contributed by atoms with van der Waals surface area (Å²) in [5, 5.41) is 11.3. The van der Waals surface area contributed by atoms with E-state index < -0.39 is 65.1 Å². The summed E-state index contributed by atoms with van der Waals surface area (Å²) in [6, 6.07) is 31.4. The fourth-order valence-corrected chi connectivity index (χ4v) is 8.73. The van der Waals surface area contributed by atoms with E-state index in [2.05, 4.69) is 4.84 Å². The molecule has 6 aromatic rings. The lowest BCUT2D eigenvalue weighted by Crippen LogP contribution is -2.34. The average molecular weight is 1070 g/mol. The van der Waals surface area contributed by atoms with Crippen LogP contribution in [0, 0.1) is 0 Å². The highest BCUT2D eigenvalue weighted by atomic mass is 19.4. The lowest BCUT2D eigenvalue weighted by molar-refractivity contribution is -0.195. The standard InChI is InChI=1S/C24H12F6N2O5.C20H14N2O3.C6H7NO4.C2H4O2/c25-23(26,27)20(34)31-11-5-7-15-17(9-11)36-18-10-12(32-21(35)24(28,29)30)6-8-16(18)22(15)14-4-2-1-3-13(14)19(33)37-22;21-11-5-7-15-17(9-11)24-18-10-12(22)6-8-16(18)20(15)14-4-2-1-3-13(14)19(23)25-20;1-4(8)11-7-5(9)2-3-6(7)10;1-2(3)4/h1-10H,(H,31,34)(H,32,35);1-10H,21-22H2;2-3H2,1H3;1H3,(H,3,4). The molecule has 2 spiro atoms. The second-order valence-electron chi connectivity index (χ2n) is 17.0. The molecule has 1 saturated heterocycles. The number of carbonyl (C=O) groups is 8. The predicted octanol–water partition coefficient (Wildman–Crippen LogP) is 8.38. The summed E-state index contributed by atoms with van der Waals surface area (Å²) in [5.74, 6) is -7.13. The molecule has 25 heteroatoms. The van der Waals surface area contributed by atoms with Crippen molar-refractivity contribution in [3.63, 3.8) is 0 Å². The van der Waals surface area contributed by atoms with Crippen molar-refractivity contribution in [3.05, 3.63) is 166 Å². The van der Waals surface area contributed by atoms with E-state index in [0.29, 0.717) is 39.1 Å². The number of alkyl halides is 6. The molecular formula is C52H37F6N5O14. The Morgan fingerprint density at radius 3 is 1.23 bits per heavy atom. The van der Waals surface area contributed by atoms with Crippen molar-refractivity contribution in [2.24, 2.45) is 0 Å². The zero-order valence-corrected chi connectivity index (χ0v) is 39.6. The summed E-state index contributed by atoms with van der Waals surface area (Å²) in [7, 11) is 0. The number of amides is 4. The van der Waals surface area contributed by atoms with Gasteiger partial charge in [-0.1, -0.05) is 36.4 Å². The second kappa shape index (κ2) is 20.1. The molecule has 0 saturated carbocycles. The molecular weight excluding hydrogens is 1030 g/mol. The zero-order chi connectivity index (χ0) is 55.9. The van der Waals surface area contributed by atoms with E-state index in [1.54, 1.807) is 59.2 Å². The number of benzene rings is 6. The number of carboxylic acids is 1. The Hall–Kier alpha value is -9.94. The van der Waals surface area contributed by atoms with Gasteiger partial charge < -0.3 is 51.0 Å². The molecule has 0 aliphatic carbocycles. The molecule has 77 heavy (non-hydrogen) atoms. The van der Waals surface area contributed by atoms with E-state index in [9.17, 15) is 59.9 Å². The number of carboxylic acid groups (broad SMARTS) is 1. The first kappa shape index (κ1) is 53.4. The summed E-state index contributed by atoms with van der Waals surface area (Å²) < 4.78 is 100. The number of fused-ring (bicyclic) bond motifs is 12. The van der Waals surface area contributed by atoms with Crippen molar-refractivity contribution in [3.8, 4) is 23.0 Å². The minimum absolute atomic E-state index is 0.131. The van der Waals surface area contributed by atoms with Gasteiger partial charge in [-0.15, -0.1) is 5.06 Å². The van der Waals surface area contributed by atoms with Crippen LogP contribution in [-0.2, 0) is 54.3 Å². The summed E-state index contributed by atoms with van der Waals surface area (Å²) in [6.45, 7) is 2.22. The van der Waals surface area contributed by atoms with Crippen LogP contribution in [0.3, 0.4) is 0 Å². The van der Waals surface area contributed by atoms with E-state index >= 15 is 0 Å². The number of rotatable bonds is 3. The molecule has 5 aliphatic rings. The molecule has 0 unspecified atom stereocenters. The first-order valence-electron chi connectivity index (χ1n) is 22.3. The minimum Gasteiger partial charge on any atom is -0.481 e. The summed E-state index contributed by atoms with van der Waals surface area (Å²) in [5.41, 5.74) is 13.4. The van der Waals surface area contributed by atoms with Gasteiger partial charge in [0, 0.05) is 107 Å². The molecule has 19 nitrogen and oxygen atoms in total. The van der Waals surface area contributed by atoms with Gasteiger partial charge in [-0.3, -0.25) is 24.0 Å². The van der Waals surface area contributed by atoms with Crippen LogP contribution in [0.25, 0.3) is 0 Å². The molecule has 396 valence electrons. The van der Waals surface area contributed by atoms with Gasteiger partial charge >= 0.3 is 42.1 Å². The Balaban J connectivity index is 0.000000167. The van der Waals surface area contributed by atoms with Crippen molar-refractivity contribution < 1.29 is 93.6 Å². The smallest absolute Gasteiger partial charge is 0.471 e. The number of carbonyl (C=O) groups excluding carboxylic acids is 7. The number of halogens is 6. The normalized spacial score (nSPS) is 15.2. The molecule has 0 aromatic heterocycles. The van der Waals surface area contributed by atoms with Gasteiger partial charge in [-0.05, 0) is 60.7 Å². The number of hydrogen-bond acceptors (Lipinski definition) is 15. The number of esters is 2. The maximum absolute atomic E-state index is 12.8. The van der Waals surface area contributed by atoms with Gasteiger partial charge in [0.15, 0.2) is 11.2 Å². The van der Waals surface area contributed by atoms with Gasteiger partial charge in [0.1, 0.15) is 23.0 Å². The number of aliphatic carboxylic acids is 1. The average Bonchev–Trinajstić information content (AvgIpc) is 3.97. The lowest BCUT2D eigenvalue weighted by atomic mass is 9.77. The zero-order valence-electron chi connectivity index (χ0n) is 39.6. The fraction of sp³-hybridized carbons (Fsp3) is 0.154. The van der Waals surface area contributed by atoms with Crippen molar-refractivity contribution in [1.82, 2.24) is 5.06 Å². The summed E-state index contributed by atoms with van der Waals surface area (Å²) in [4.78, 5) is 93.3. The Kier molecular flexibility index (Phi) is 13.9. The molecule has 7 N–H and O–H groups in total. The predicted molar refractivity (Wildman–Crippen MR) is 254 cm³/mol. The number of nitrogens with zero attached hydrogens (tertiary/aromatic N) is 1. The molecule has 0 atom stereocenters. The van der Waals surface area contributed by atoms with E-state index in [-0.39, 0.29) is 58.4 Å². The largest absolute Gasteiger partial charge is 0.481 e. The monoisotopic (exact) mass is 1070 g/mol. The van der Waals surface area contributed by atoms with Crippen molar-refractivity contribution in [1.29, 1.82) is 0 Å². The van der Waals surface area contributed by atoms with Crippen molar-refractivity contribution >= 4 is 70.3 Å². The third-order valence-electron chi connectivity index (χ3n) is 11.7. The van der Waals surface area contributed by atoms with Gasteiger partial charge in [-0.25, -0.2) is 14.4 Å². The quantitative estimate of drug-likeness (QED) is 0.0481. The number of hydrogen-bond donors (Lipinski definition) is 5.